The van der Waals surface area contributed by atoms with Gasteiger partial charge in [-0.1, -0.05) is 18.7 Å². The maximum absolute atomic E-state index is 5.71. The Hall–Kier alpha value is -1.01. The lowest BCUT2D eigenvalue weighted by Gasteiger charge is -2.21. The van der Waals surface area contributed by atoms with E-state index in [1.54, 1.807) is 11.8 Å². The molecule has 20 heavy (non-hydrogen) atoms. The first-order chi connectivity index (χ1) is 9.72. The van der Waals surface area contributed by atoms with Crippen molar-refractivity contribution in [2.45, 2.75) is 50.4 Å². The van der Waals surface area contributed by atoms with Crippen LogP contribution in [0, 0.1) is 0 Å². The second-order valence-corrected chi connectivity index (χ2v) is 5.81. The smallest absolute Gasteiger partial charge is 0.191 e. The molecule has 0 bridgehead atoms. The SMILES string of the molecule is CCCNc1cc(NC(C)C2CCCO2)nc(SC)n1. The van der Waals surface area contributed by atoms with Crippen molar-refractivity contribution in [3.05, 3.63) is 6.07 Å². The van der Waals surface area contributed by atoms with Crippen molar-refractivity contribution in [3.63, 3.8) is 0 Å². The van der Waals surface area contributed by atoms with Crippen LogP contribution in [0.3, 0.4) is 0 Å². The van der Waals surface area contributed by atoms with E-state index in [4.69, 9.17) is 4.74 Å². The molecule has 0 amide bonds. The van der Waals surface area contributed by atoms with Crippen LogP contribution in [0.1, 0.15) is 33.1 Å². The molecule has 1 fully saturated rings. The Morgan fingerprint density at radius 2 is 2.25 bits per heavy atom. The molecule has 0 saturated carbocycles. The largest absolute Gasteiger partial charge is 0.376 e. The van der Waals surface area contributed by atoms with E-state index in [-0.39, 0.29) is 12.1 Å². The zero-order valence-corrected chi connectivity index (χ0v) is 13.3. The van der Waals surface area contributed by atoms with Gasteiger partial charge in [0.15, 0.2) is 5.16 Å². The van der Waals surface area contributed by atoms with E-state index < -0.39 is 0 Å². The van der Waals surface area contributed by atoms with Crippen LogP contribution in [0.15, 0.2) is 11.2 Å². The summed E-state index contributed by atoms with van der Waals surface area (Å²) < 4.78 is 5.71. The van der Waals surface area contributed by atoms with E-state index >= 15 is 0 Å². The van der Waals surface area contributed by atoms with Crippen molar-refractivity contribution < 1.29 is 4.74 Å². The van der Waals surface area contributed by atoms with Gasteiger partial charge in [0.1, 0.15) is 11.6 Å². The zero-order valence-electron chi connectivity index (χ0n) is 12.5. The van der Waals surface area contributed by atoms with E-state index in [0.717, 1.165) is 49.2 Å². The Balaban J connectivity index is 2.04. The summed E-state index contributed by atoms with van der Waals surface area (Å²) in [6, 6.07) is 2.24. The van der Waals surface area contributed by atoms with Gasteiger partial charge in [-0.25, -0.2) is 9.97 Å². The Morgan fingerprint density at radius 3 is 2.90 bits per heavy atom. The maximum Gasteiger partial charge on any atom is 0.191 e. The van der Waals surface area contributed by atoms with E-state index in [1.165, 1.54) is 0 Å². The first-order valence-electron chi connectivity index (χ1n) is 7.28. The highest BCUT2D eigenvalue weighted by Crippen LogP contribution is 2.21. The lowest BCUT2D eigenvalue weighted by atomic mass is 10.1. The van der Waals surface area contributed by atoms with Gasteiger partial charge in [-0.15, -0.1) is 0 Å². The highest BCUT2D eigenvalue weighted by atomic mass is 32.2. The summed E-state index contributed by atoms with van der Waals surface area (Å²) in [5.41, 5.74) is 0. The molecule has 1 aromatic heterocycles. The minimum Gasteiger partial charge on any atom is -0.376 e. The highest BCUT2D eigenvalue weighted by Gasteiger charge is 2.22. The number of hydrogen-bond acceptors (Lipinski definition) is 6. The van der Waals surface area contributed by atoms with Crippen molar-refractivity contribution >= 4 is 23.4 Å². The van der Waals surface area contributed by atoms with Crippen LogP contribution >= 0.6 is 11.8 Å². The molecule has 2 heterocycles. The lowest BCUT2D eigenvalue weighted by Crippen LogP contribution is -2.30. The van der Waals surface area contributed by atoms with Crippen LogP contribution in [-0.2, 0) is 4.74 Å². The molecule has 1 aliphatic heterocycles. The van der Waals surface area contributed by atoms with Gasteiger partial charge in [0.2, 0.25) is 0 Å². The molecule has 6 heteroatoms. The molecule has 1 saturated heterocycles. The molecule has 0 radical (unpaired) electrons. The van der Waals surface area contributed by atoms with Crippen molar-refractivity contribution in [3.8, 4) is 0 Å². The third-order valence-electron chi connectivity index (χ3n) is 3.34. The van der Waals surface area contributed by atoms with Crippen molar-refractivity contribution in [1.29, 1.82) is 0 Å². The summed E-state index contributed by atoms with van der Waals surface area (Å²) in [6.45, 7) is 6.09. The Morgan fingerprint density at radius 1 is 1.45 bits per heavy atom. The number of hydrogen-bond donors (Lipinski definition) is 2. The van der Waals surface area contributed by atoms with E-state index in [2.05, 4.69) is 34.4 Å². The van der Waals surface area contributed by atoms with Gasteiger partial charge >= 0.3 is 0 Å². The molecule has 2 rings (SSSR count). The van der Waals surface area contributed by atoms with Gasteiger partial charge < -0.3 is 15.4 Å². The molecule has 2 atom stereocenters. The highest BCUT2D eigenvalue weighted by molar-refractivity contribution is 7.98. The lowest BCUT2D eigenvalue weighted by molar-refractivity contribution is 0.0995. The predicted molar refractivity (Wildman–Crippen MR) is 84.7 cm³/mol. The molecule has 2 unspecified atom stereocenters. The summed E-state index contributed by atoms with van der Waals surface area (Å²) >= 11 is 1.56. The number of nitrogens with one attached hydrogen (secondary N) is 2. The fourth-order valence-corrected chi connectivity index (χ4v) is 2.64. The molecule has 0 aliphatic carbocycles. The van der Waals surface area contributed by atoms with Crippen LogP contribution in [-0.4, -0.2) is 41.5 Å². The third-order valence-corrected chi connectivity index (χ3v) is 3.89. The number of thioether (sulfide) groups is 1. The first-order valence-corrected chi connectivity index (χ1v) is 8.50. The molecule has 0 aromatic carbocycles. The van der Waals surface area contributed by atoms with Crippen molar-refractivity contribution in [2.24, 2.45) is 0 Å². The number of ether oxygens (including phenoxy) is 1. The van der Waals surface area contributed by atoms with E-state index in [0.29, 0.717) is 0 Å². The zero-order chi connectivity index (χ0) is 14.4. The molecule has 1 aromatic rings. The van der Waals surface area contributed by atoms with Gasteiger partial charge in [0.25, 0.3) is 0 Å². The van der Waals surface area contributed by atoms with Gasteiger partial charge in [-0.2, -0.15) is 0 Å². The fraction of sp³-hybridized carbons (Fsp3) is 0.714. The van der Waals surface area contributed by atoms with Gasteiger partial charge in [-0.05, 0) is 32.4 Å². The van der Waals surface area contributed by atoms with Crippen LogP contribution in [0.2, 0.25) is 0 Å². The molecular weight excluding hydrogens is 272 g/mol. The number of nitrogens with zero attached hydrogens (tertiary/aromatic N) is 2. The molecule has 112 valence electrons. The second kappa shape index (κ2) is 7.69. The number of anilines is 2. The van der Waals surface area contributed by atoms with Gasteiger partial charge in [0, 0.05) is 19.2 Å². The molecule has 0 spiro atoms. The number of rotatable bonds is 7. The summed E-state index contributed by atoms with van der Waals surface area (Å²) in [6.07, 6.45) is 5.63. The minimum absolute atomic E-state index is 0.265. The van der Waals surface area contributed by atoms with Crippen molar-refractivity contribution in [2.75, 3.05) is 30.0 Å². The van der Waals surface area contributed by atoms with Crippen LogP contribution < -0.4 is 10.6 Å². The summed E-state index contributed by atoms with van der Waals surface area (Å²) in [5, 5.41) is 7.55. The topological polar surface area (TPSA) is 59.1 Å². The standard InChI is InChI=1S/C14H24N4OS/c1-4-7-15-12-9-13(18-14(17-12)20-3)16-10(2)11-6-5-8-19-11/h9-11H,4-8H2,1-3H3,(H2,15,16,17,18). The molecule has 1 aliphatic rings. The Kier molecular flexibility index (Phi) is 5.91. The van der Waals surface area contributed by atoms with Crippen molar-refractivity contribution in [1.82, 2.24) is 9.97 Å². The van der Waals surface area contributed by atoms with Crippen LogP contribution in [0.4, 0.5) is 11.6 Å². The predicted octanol–water partition coefficient (Wildman–Crippen LogP) is 3.00. The molecule has 2 N–H and O–H groups in total. The summed E-state index contributed by atoms with van der Waals surface area (Å²) in [5.74, 6) is 1.75. The quantitative estimate of drug-likeness (QED) is 0.596. The summed E-state index contributed by atoms with van der Waals surface area (Å²) in [7, 11) is 0. The normalized spacial score (nSPS) is 19.9. The average Bonchev–Trinajstić information content (AvgIpc) is 2.99. The average molecular weight is 296 g/mol. The third kappa shape index (κ3) is 4.24. The molecular formula is C14H24N4OS. The van der Waals surface area contributed by atoms with E-state index in [9.17, 15) is 0 Å². The number of aromatic nitrogens is 2. The van der Waals surface area contributed by atoms with Crippen LogP contribution in [0.25, 0.3) is 0 Å². The summed E-state index contributed by atoms with van der Waals surface area (Å²) in [4.78, 5) is 8.98. The maximum atomic E-state index is 5.71. The molecule has 5 nitrogen and oxygen atoms in total. The minimum atomic E-state index is 0.265. The van der Waals surface area contributed by atoms with E-state index in [1.807, 2.05) is 12.3 Å². The van der Waals surface area contributed by atoms with Gasteiger partial charge in [-0.3, -0.25) is 0 Å². The second-order valence-electron chi connectivity index (χ2n) is 5.04. The Labute approximate surface area is 125 Å². The first kappa shape index (κ1) is 15.4. The Bertz CT molecular complexity index is 424. The van der Waals surface area contributed by atoms with Crippen LogP contribution in [0.5, 0.6) is 0 Å². The monoisotopic (exact) mass is 296 g/mol. The van der Waals surface area contributed by atoms with Gasteiger partial charge in [0.05, 0.1) is 12.1 Å². The fourth-order valence-electron chi connectivity index (χ4n) is 2.26.